The van der Waals surface area contributed by atoms with Crippen molar-refractivity contribution < 1.29 is 8.78 Å². The molecular weight excluding hydrogens is 362 g/mol. The van der Waals surface area contributed by atoms with E-state index in [2.05, 4.69) is 20.9 Å². The van der Waals surface area contributed by atoms with Gasteiger partial charge in [0.15, 0.2) is 0 Å². The molecule has 0 atom stereocenters. The SMILES string of the molecule is Cc1ccc2c(c1)nc(CCl)n2-c1cc(F)c(Br)cc1F. The van der Waals surface area contributed by atoms with Gasteiger partial charge in [-0.15, -0.1) is 11.6 Å². The number of benzene rings is 2. The smallest absolute Gasteiger partial charge is 0.148 e. The summed E-state index contributed by atoms with van der Waals surface area (Å²) in [6, 6.07) is 7.84. The van der Waals surface area contributed by atoms with Crippen molar-refractivity contribution in [3.8, 4) is 5.69 Å². The topological polar surface area (TPSA) is 17.8 Å². The molecule has 0 saturated carbocycles. The minimum atomic E-state index is -0.547. The van der Waals surface area contributed by atoms with Crippen LogP contribution < -0.4 is 0 Å². The van der Waals surface area contributed by atoms with Crippen molar-refractivity contribution in [3.63, 3.8) is 0 Å². The molecule has 1 heterocycles. The normalized spacial score (nSPS) is 11.3. The molecule has 0 aliphatic heterocycles. The molecule has 0 unspecified atom stereocenters. The standard InChI is InChI=1S/C15H10BrClF2N2/c1-8-2-3-13-12(4-8)20-15(7-17)21(13)14-6-10(18)9(16)5-11(14)19/h2-6H,7H2,1H3. The zero-order valence-corrected chi connectivity index (χ0v) is 13.3. The first kappa shape index (κ1) is 14.5. The van der Waals surface area contributed by atoms with Crippen molar-refractivity contribution in [2.75, 3.05) is 0 Å². The molecule has 0 aliphatic rings. The van der Waals surface area contributed by atoms with Gasteiger partial charge in [0.25, 0.3) is 0 Å². The molecular formula is C15H10BrClF2N2. The number of hydrogen-bond donors (Lipinski definition) is 0. The average Bonchev–Trinajstić information content (AvgIpc) is 2.80. The number of rotatable bonds is 2. The third-order valence-corrected chi connectivity index (χ3v) is 4.08. The van der Waals surface area contributed by atoms with Gasteiger partial charge in [0.1, 0.15) is 17.5 Å². The van der Waals surface area contributed by atoms with E-state index in [9.17, 15) is 8.78 Å². The highest BCUT2D eigenvalue weighted by atomic mass is 79.9. The number of alkyl halides is 1. The van der Waals surface area contributed by atoms with E-state index < -0.39 is 11.6 Å². The molecule has 3 rings (SSSR count). The zero-order valence-electron chi connectivity index (χ0n) is 11.0. The van der Waals surface area contributed by atoms with Crippen LogP contribution in [0.1, 0.15) is 11.4 Å². The van der Waals surface area contributed by atoms with Crippen LogP contribution in [-0.2, 0) is 5.88 Å². The minimum Gasteiger partial charge on any atom is -0.292 e. The van der Waals surface area contributed by atoms with Gasteiger partial charge < -0.3 is 0 Å². The van der Waals surface area contributed by atoms with Crippen LogP contribution in [0.2, 0.25) is 0 Å². The maximum Gasteiger partial charge on any atom is 0.148 e. The highest BCUT2D eigenvalue weighted by Gasteiger charge is 2.17. The summed E-state index contributed by atoms with van der Waals surface area (Å²) in [5.74, 6) is -0.515. The Morgan fingerprint density at radius 3 is 2.67 bits per heavy atom. The second-order valence-corrected chi connectivity index (χ2v) is 5.83. The molecule has 21 heavy (non-hydrogen) atoms. The van der Waals surface area contributed by atoms with E-state index in [1.54, 1.807) is 4.57 Å². The molecule has 108 valence electrons. The van der Waals surface area contributed by atoms with Gasteiger partial charge in [-0.25, -0.2) is 13.8 Å². The summed E-state index contributed by atoms with van der Waals surface area (Å²) in [5.41, 5.74) is 2.53. The Labute approximate surface area is 133 Å². The quantitative estimate of drug-likeness (QED) is 0.452. The Kier molecular flexibility index (Phi) is 3.71. The summed E-state index contributed by atoms with van der Waals surface area (Å²) in [7, 11) is 0. The van der Waals surface area contributed by atoms with Crippen molar-refractivity contribution in [2.45, 2.75) is 12.8 Å². The molecule has 0 radical (unpaired) electrons. The third-order valence-electron chi connectivity index (χ3n) is 3.23. The first-order valence-corrected chi connectivity index (χ1v) is 7.53. The fraction of sp³-hybridized carbons (Fsp3) is 0.133. The lowest BCUT2D eigenvalue weighted by Gasteiger charge is -2.10. The molecule has 2 nitrogen and oxygen atoms in total. The zero-order chi connectivity index (χ0) is 15.1. The Bertz CT molecular complexity index is 845. The van der Waals surface area contributed by atoms with Gasteiger partial charge in [0.05, 0.1) is 27.1 Å². The lowest BCUT2D eigenvalue weighted by molar-refractivity contribution is 0.587. The summed E-state index contributed by atoms with van der Waals surface area (Å²) in [6.45, 7) is 1.94. The van der Waals surface area contributed by atoms with E-state index >= 15 is 0 Å². The molecule has 6 heteroatoms. The number of nitrogens with zero attached hydrogens (tertiary/aromatic N) is 2. The highest BCUT2D eigenvalue weighted by molar-refractivity contribution is 9.10. The minimum absolute atomic E-state index is 0.0800. The summed E-state index contributed by atoms with van der Waals surface area (Å²) in [5, 5.41) is 0. The van der Waals surface area contributed by atoms with Crippen molar-refractivity contribution in [1.82, 2.24) is 9.55 Å². The number of halogens is 4. The Morgan fingerprint density at radius 1 is 1.19 bits per heavy atom. The van der Waals surface area contributed by atoms with E-state index in [1.165, 1.54) is 0 Å². The van der Waals surface area contributed by atoms with Crippen LogP contribution >= 0.6 is 27.5 Å². The van der Waals surface area contributed by atoms with Crippen LogP contribution in [0.4, 0.5) is 8.78 Å². The Morgan fingerprint density at radius 2 is 1.95 bits per heavy atom. The van der Waals surface area contributed by atoms with Crippen molar-refractivity contribution >= 4 is 38.6 Å². The van der Waals surface area contributed by atoms with Crippen LogP contribution in [0, 0.1) is 18.6 Å². The predicted molar refractivity (Wildman–Crippen MR) is 83.0 cm³/mol. The van der Waals surface area contributed by atoms with Crippen molar-refractivity contribution in [1.29, 1.82) is 0 Å². The largest absolute Gasteiger partial charge is 0.292 e. The highest BCUT2D eigenvalue weighted by Crippen LogP contribution is 2.28. The summed E-state index contributed by atoms with van der Waals surface area (Å²) in [4.78, 5) is 4.39. The number of aromatic nitrogens is 2. The maximum atomic E-state index is 14.2. The van der Waals surface area contributed by atoms with E-state index in [0.29, 0.717) is 16.9 Å². The van der Waals surface area contributed by atoms with Crippen molar-refractivity contribution in [2.24, 2.45) is 0 Å². The average molecular weight is 372 g/mol. The molecule has 3 aromatic rings. The van der Waals surface area contributed by atoms with E-state index in [4.69, 9.17) is 11.6 Å². The first-order chi connectivity index (χ1) is 10.0. The van der Waals surface area contributed by atoms with E-state index in [0.717, 1.165) is 17.7 Å². The van der Waals surface area contributed by atoms with Gasteiger partial charge in [0, 0.05) is 6.07 Å². The van der Waals surface area contributed by atoms with Gasteiger partial charge in [-0.2, -0.15) is 0 Å². The second kappa shape index (κ2) is 5.39. The van der Waals surface area contributed by atoms with Gasteiger partial charge in [-0.05, 0) is 46.6 Å². The van der Waals surface area contributed by atoms with Crippen LogP contribution in [0.3, 0.4) is 0 Å². The molecule has 1 aromatic heterocycles. The fourth-order valence-corrected chi connectivity index (χ4v) is 2.78. The van der Waals surface area contributed by atoms with Crippen LogP contribution in [0.25, 0.3) is 16.7 Å². The first-order valence-electron chi connectivity index (χ1n) is 6.20. The molecule has 0 bridgehead atoms. The lowest BCUT2D eigenvalue weighted by atomic mass is 10.2. The van der Waals surface area contributed by atoms with Crippen LogP contribution in [0.5, 0.6) is 0 Å². The van der Waals surface area contributed by atoms with Gasteiger partial charge >= 0.3 is 0 Å². The molecule has 0 fully saturated rings. The monoisotopic (exact) mass is 370 g/mol. The Hall–Kier alpha value is -1.46. The second-order valence-electron chi connectivity index (χ2n) is 4.71. The number of aryl methyl sites for hydroxylation is 1. The number of hydrogen-bond acceptors (Lipinski definition) is 1. The molecule has 0 amide bonds. The molecule has 0 aliphatic carbocycles. The van der Waals surface area contributed by atoms with Crippen LogP contribution in [-0.4, -0.2) is 9.55 Å². The molecule has 0 spiro atoms. The third kappa shape index (κ3) is 2.45. The van der Waals surface area contributed by atoms with E-state index in [1.807, 2.05) is 25.1 Å². The fourth-order valence-electron chi connectivity index (χ4n) is 2.28. The van der Waals surface area contributed by atoms with E-state index in [-0.39, 0.29) is 16.0 Å². The van der Waals surface area contributed by atoms with Crippen molar-refractivity contribution in [3.05, 3.63) is 57.8 Å². The Balaban J connectivity index is 2.36. The van der Waals surface area contributed by atoms with Gasteiger partial charge in [0.2, 0.25) is 0 Å². The number of imidazole rings is 1. The van der Waals surface area contributed by atoms with Gasteiger partial charge in [-0.3, -0.25) is 4.57 Å². The van der Waals surface area contributed by atoms with Crippen LogP contribution in [0.15, 0.2) is 34.8 Å². The summed E-state index contributed by atoms with van der Waals surface area (Å²) >= 11 is 8.88. The summed E-state index contributed by atoms with van der Waals surface area (Å²) < 4.78 is 29.6. The summed E-state index contributed by atoms with van der Waals surface area (Å²) in [6.07, 6.45) is 0. The predicted octanol–water partition coefficient (Wildman–Crippen LogP) is 5.11. The maximum absolute atomic E-state index is 14.2. The molecule has 0 saturated heterocycles. The lowest BCUT2D eigenvalue weighted by Crippen LogP contribution is -2.03. The number of fused-ring (bicyclic) bond motifs is 1. The molecule has 0 N–H and O–H groups in total. The molecule has 2 aromatic carbocycles. The van der Waals surface area contributed by atoms with Gasteiger partial charge in [-0.1, -0.05) is 6.07 Å².